The highest BCUT2D eigenvalue weighted by Crippen LogP contribution is 2.36. The van der Waals surface area contributed by atoms with Crippen molar-refractivity contribution in [1.29, 1.82) is 0 Å². The van der Waals surface area contributed by atoms with Crippen molar-refractivity contribution in [2.75, 3.05) is 44.7 Å². The molecule has 2 aliphatic heterocycles. The van der Waals surface area contributed by atoms with Gasteiger partial charge in [-0.25, -0.2) is 4.79 Å². The van der Waals surface area contributed by atoms with Gasteiger partial charge < -0.3 is 24.2 Å². The lowest BCUT2D eigenvalue weighted by molar-refractivity contribution is -0.138. The molecule has 2 aliphatic rings. The molecule has 1 amide bonds. The summed E-state index contributed by atoms with van der Waals surface area (Å²) in [6, 6.07) is 0.549. The minimum absolute atomic E-state index is 0.103. The highest BCUT2D eigenvalue weighted by Gasteiger charge is 2.37. The quantitative estimate of drug-likeness (QED) is 0.520. The molecule has 0 N–H and O–H groups in total. The summed E-state index contributed by atoms with van der Waals surface area (Å²) in [5.41, 5.74) is -2.86. The van der Waals surface area contributed by atoms with Gasteiger partial charge in [-0.15, -0.1) is 5.10 Å². The Morgan fingerprint density at radius 1 is 1.21 bits per heavy atom. The largest absolute Gasteiger partial charge is 0.461 e. The van der Waals surface area contributed by atoms with E-state index in [1.165, 1.54) is 0 Å². The maximum atomic E-state index is 13.8. The van der Waals surface area contributed by atoms with E-state index in [-0.39, 0.29) is 55.7 Å². The fourth-order valence-electron chi connectivity index (χ4n) is 4.70. The molecular formula is C24H32BrF3N6O4. The summed E-state index contributed by atoms with van der Waals surface area (Å²) < 4.78 is 52.9. The summed E-state index contributed by atoms with van der Waals surface area (Å²) in [7, 11) is 1.99. The van der Waals surface area contributed by atoms with Crippen LogP contribution in [-0.4, -0.2) is 88.0 Å². The van der Waals surface area contributed by atoms with E-state index in [0.717, 1.165) is 30.0 Å². The Bertz CT molecular complexity index is 1260. The van der Waals surface area contributed by atoms with Crippen LogP contribution in [0, 0.1) is 0 Å². The molecule has 4 rings (SSSR count). The third kappa shape index (κ3) is 6.00. The van der Waals surface area contributed by atoms with Crippen molar-refractivity contribution >= 4 is 33.4 Å². The Labute approximate surface area is 226 Å². The lowest BCUT2D eigenvalue weighted by Crippen LogP contribution is -2.55. The van der Waals surface area contributed by atoms with Crippen LogP contribution in [0.5, 0.6) is 6.01 Å². The summed E-state index contributed by atoms with van der Waals surface area (Å²) in [5.74, 6) is 0.126. The van der Waals surface area contributed by atoms with Crippen molar-refractivity contribution in [2.24, 2.45) is 0 Å². The second kappa shape index (κ2) is 10.5. The second-order valence-corrected chi connectivity index (χ2v) is 11.5. The van der Waals surface area contributed by atoms with Gasteiger partial charge in [-0.2, -0.15) is 22.7 Å². The van der Waals surface area contributed by atoms with Crippen LogP contribution in [0.3, 0.4) is 0 Å². The first-order chi connectivity index (χ1) is 17.7. The number of pyridine rings is 1. The van der Waals surface area contributed by atoms with Crippen LogP contribution in [0.4, 0.5) is 23.8 Å². The fourth-order valence-corrected chi connectivity index (χ4v) is 5.20. The number of carbonyl (C=O) groups excluding carboxylic acids is 1. The molecule has 2 aromatic heterocycles. The Hall–Kier alpha value is -2.61. The molecule has 2 fully saturated rings. The Balaban J connectivity index is 1.73. The van der Waals surface area contributed by atoms with Crippen LogP contribution in [0.25, 0.3) is 5.52 Å². The van der Waals surface area contributed by atoms with E-state index in [1.54, 1.807) is 30.6 Å². The molecule has 0 unspecified atom stereocenters. The smallest absolute Gasteiger partial charge is 0.417 e. The van der Waals surface area contributed by atoms with E-state index in [2.05, 4.69) is 30.9 Å². The van der Waals surface area contributed by atoms with Gasteiger partial charge in [0.15, 0.2) is 5.82 Å². The summed E-state index contributed by atoms with van der Waals surface area (Å²) in [6.07, 6.45) is -3.28. The van der Waals surface area contributed by atoms with Crippen molar-refractivity contribution in [3.63, 3.8) is 0 Å². The normalized spacial score (nSPS) is 21.3. The molecule has 0 aromatic carbocycles. The molecule has 0 saturated carbocycles. The number of aromatic nitrogens is 3. The molecule has 0 aliphatic carbocycles. The zero-order valence-electron chi connectivity index (χ0n) is 22.0. The maximum absolute atomic E-state index is 13.8. The number of ether oxygens (including phenoxy) is 2. The number of hydrogen-bond acceptors (Lipinski definition) is 8. The number of halogens is 4. The van der Waals surface area contributed by atoms with Gasteiger partial charge >= 0.3 is 18.3 Å². The first-order valence-corrected chi connectivity index (χ1v) is 13.2. The molecule has 0 radical (unpaired) electrons. The van der Waals surface area contributed by atoms with Gasteiger partial charge in [-0.05, 0) is 76.1 Å². The van der Waals surface area contributed by atoms with Gasteiger partial charge in [0.1, 0.15) is 17.7 Å². The number of piperazine rings is 1. The number of alkyl halides is 3. The molecule has 14 heteroatoms. The predicted molar refractivity (Wildman–Crippen MR) is 138 cm³/mol. The number of rotatable bonds is 4. The highest BCUT2D eigenvalue weighted by atomic mass is 79.9. The summed E-state index contributed by atoms with van der Waals surface area (Å²) in [5, 5.41) is 4.15. The second-order valence-electron chi connectivity index (χ2n) is 10.7. The predicted octanol–water partition coefficient (Wildman–Crippen LogP) is 3.79. The maximum Gasteiger partial charge on any atom is 0.417 e. The summed E-state index contributed by atoms with van der Waals surface area (Å²) in [4.78, 5) is 35.6. The average Bonchev–Trinajstić information content (AvgIpc) is 3.22. The van der Waals surface area contributed by atoms with E-state index in [1.807, 2.05) is 14.0 Å². The van der Waals surface area contributed by atoms with Gasteiger partial charge in [-0.1, -0.05) is 0 Å². The number of hydrogen-bond donors (Lipinski definition) is 0. The Kier molecular flexibility index (Phi) is 7.86. The Morgan fingerprint density at radius 3 is 2.50 bits per heavy atom. The molecule has 2 atom stereocenters. The van der Waals surface area contributed by atoms with Crippen LogP contribution in [0.2, 0.25) is 0 Å². The van der Waals surface area contributed by atoms with Crippen molar-refractivity contribution in [3.05, 3.63) is 26.5 Å². The lowest BCUT2D eigenvalue weighted by atomic mass is 10.1. The summed E-state index contributed by atoms with van der Waals surface area (Å²) in [6.45, 7) is 9.12. The molecular weight excluding hydrogens is 573 g/mol. The van der Waals surface area contributed by atoms with E-state index < -0.39 is 33.5 Å². The van der Waals surface area contributed by atoms with Gasteiger partial charge in [-0.3, -0.25) is 4.79 Å². The first kappa shape index (κ1) is 28.4. The molecule has 2 aromatic rings. The van der Waals surface area contributed by atoms with Crippen molar-refractivity contribution in [3.8, 4) is 6.01 Å². The first-order valence-electron chi connectivity index (χ1n) is 12.4. The molecule has 38 heavy (non-hydrogen) atoms. The Morgan fingerprint density at radius 2 is 1.92 bits per heavy atom. The van der Waals surface area contributed by atoms with Crippen LogP contribution in [0.15, 0.2) is 15.3 Å². The van der Waals surface area contributed by atoms with Crippen LogP contribution < -0.4 is 15.2 Å². The molecule has 0 bridgehead atoms. The van der Waals surface area contributed by atoms with Crippen LogP contribution >= 0.6 is 15.9 Å². The average molecular weight is 605 g/mol. The number of nitrogens with zero attached hydrogens (tertiary/aromatic N) is 6. The van der Waals surface area contributed by atoms with Gasteiger partial charge in [0, 0.05) is 31.7 Å². The van der Waals surface area contributed by atoms with Crippen LogP contribution in [-0.2, 0) is 10.9 Å². The SMILES string of the molecule is C[C@H]1CN(C(=O)OC(C)(C)C)CCN1c1nc(OC[C@@H]2CCCN2C)nn2c(=O)c(Br)c(C(F)(F)F)cc12. The molecule has 2 saturated heterocycles. The van der Waals surface area contributed by atoms with E-state index in [4.69, 9.17) is 9.47 Å². The third-order valence-corrected chi connectivity index (χ3v) is 7.44. The van der Waals surface area contributed by atoms with E-state index in [0.29, 0.717) is 0 Å². The van der Waals surface area contributed by atoms with Gasteiger partial charge in [0.2, 0.25) is 0 Å². The zero-order chi connectivity index (χ0) is 28.0. The molecule has 0 spiro atoms. The standard InChI is InChI=1S/C24H32BrF3N6O4/c1-14-12-32(22(36)38-23(2,3)4)9-10-33(14)19-17-11-16(24(26,27)28)18(25)20(35)34(17)30-21(29-19)37-13-15-7-6-8-31(15)5/h11,14-15H,6-10,12-13H2,1-5H3/t14-,15-/m0/s1. The van der Waals surface area contributed by atoms with Gasteiger partial charge in [0.05, 0.1) is 10.0 Å². The number of likely N-dealkylation sites (N-methyl/N-ethyl adjacent to an activating group) is 1. The summed E-state index contributed by atoms with van der Waals surface area (Å²) >= 11 is 2.81. The number of amides is 1. The van der Waals surface area contributed by atoms with Crippen molar-refractivity contribution in [2.45, 2.75) is 64.4 Å². The topological polar surface area (TPSA) is 92.5 Å². The molecule has 4 heterocycles. The lowest BCUT2D eigenvalue weighted by Gasteiger charge is -2.41. The van der Waals surface area contributed by atoms with Crippen molar-refractivity contribution in [1.82, 2.24) is 24.4 Å². The minimum atomic E-state index is -4.77. The number of carbonyl (C=O) groups is 1. The third-order valence-electron chi connectivity index (χ3n) is 6.68. The van der Waals surface area contributed by atoms with Gasteiger partial charge in [0.25, 0.3) is 5.56 Å². The number of likely N-dealkylation sites (tertiary alicyclic amines) is 1. The monoisotopic (exact) mass is 604 g/mol. The minimum Gasteiger partial charge on any atom is -0.461 e. The van der Waals surface area contributed by atoms with Crippen LogP contribution in [0.1, 0.15) is 46.1 Å². The van der Waals surface area contributed by atoms with E-state index >= 15 is 0 Å². The number of fused-ring (bicyclic) bond motifs is 1. The fraction of sp³-hybridized carbons (Fsp3) is 0.667. The highest BCUT2D eigenvalue weighted by molar-refractivity contribution is 9.10. The van der Waals surface area contributed by atoms with Crippen molar-refractivity contribution < 1.29 is 27.4 Å². The van der Waals surface area contributed by atoms with E-state index in [9.17, 15) is 22.8 Å². The number of anilines is 1. The molecule has 210 valence electrons. The zero-order valence-corrected chi connectivity index (χ0v) is 23.6. The molecule has 10 nitrogen and oxygen atoms in total.